The number of aliphatic hydroxyl groups excluding tert-OH is 1. The van der Waals surface area contributed by atoms with Crippen molar-refractivity contribution in [3.05, 3.63) is 72.9 Å². The molecule has 2 unspecified atom stereocenters. The fourth-order valence-electron chi connectivity index (χ4n) is 6.11. The number of hydrogen-bond acceptors (Lipinski definition) is 7. The van der Waals surface area contributed by atoms with Gasteiger partial charge >= 0.3 is 13.8 Å². The molecule has 10 heteroatoms. The molecule has 340 valence electrons. The Balaban J connectivity index is 3.63. The number of allylic oxidation sites excluding steroid dienone is 12. The van der Waals surface area contributed by atoms with Crippen molar-refractivity contribution in [2.24, 2.45) is 0 Å². The van der Waals surface area contributed by atoms with Crippen LogP contribution in [0, 0.1) is 0 Å². The number of aliphatic hydroxyl groups is 1. The molecule has 0 saturated carbocycles. The number of esters is 1. The van der Waals surface area contributed by atoms with Gasteiger partial charge in [-0.25, -0.2) is 4.57 Å². The fraction of sp³-hybridized carbons (Fsp3) is 0.714. The first-order chi connectivity index (χ1) is 28.8. The Kier molecular flexibility index (Phi) is 43.0. The van der Waals surface area contributed by atoms with Gasteiger partial charge in [0, 0.05) is 19.4 Å². The second-order valence-electron chi connectivity index (χ2n) is 15.3. The summed E-state index contributed by atoms with van der Waals surface area (Å²) in [6, 6.07) is 0. The largest absolute Gasteiger partial charge is 0.472 e. The van der Waals surface area contributed by atoms with Crippen LogP contribution in [0.4, 0.5) is 0 Å². The van der Waals surface area contributed by atoms with Crippen LogP contribution in [0.5, 0.6) is 0 Å². The smallest absolute Gasteiger partial charge is 0.463 e. The molecule has 0 heterocycles. The van der Waals surface area contributed by atoms with E-state index in [1.54, 1.807) is 0 Å². The summed E-state index contributed by atoms with van der Waals surface area (Å²) >= 11 is 0. The first-order valence-electron chi connectivity index (χ1n) is 23.4. The number of carbonyl (C=O) groups excluding carboxylic acids is 2. The zero-order valence-corrected chi connectivity index (χ0v) is 38.3. The molecule has 59 heavy (non-hydrogen) atoms. The summed E-state index contributed by atoms with van der Waals surface area (Å²) in [6.07, 6.45) is 55.4. The van der Waals surface area contributed by atoms with Crippen molar-refractivity contribution in [3.63, 3.8) is 0 Å². The number of rotatable bonds is 43. The van der Waals surface area contributed by atoms with Gasteiger partial charge in [0.15, 0.2) is 0 Å². The monoisotopic (exact) mass is 848 g/mol. The van der Waals surface area contributed by atoms with E-state index in [1.807, 2.05) is 0 Å². The van der Waals surface area contributed by atoms with Crippen LogP contribution in [-0.4, -0.2) is 54.3 Å². The maximum Gasteiger partial charge on any atom is 0.472 e. The lowest BCUT2D eigenvalue weighted by Gasteiger charge is -2.15. The van der Waals surface area contributed by atoms with Gasteiger partial charge in [0.25, 0.3) is 0 Å². The normalized spacial score (nSPS) is 13.9. The van der Waals surface area contributed by atoms with Crippen LogP contribution in [0.1, 0.15) is 194 Å². The van der Waals surface area contributed by atoms with E-state index in [4.69, 9.17) is 13.8 Å². The van der Waals surface area contributed by atoms with E-state index in [9.17, 15) is 24.2 Å². The highest BCUT2D eigenvalue weighted by atomic mass is 31.2. The minimum absolute atomic E-state index is 0.0706. The third kappa shape index (κ3) is 46.4. The third-order valence-electron chi connectivity index (χ3n) is 9.62. The fourth-order valence-corrected chi connectivity index (χ4v) is 6.86. The zero-order valence-electron chi connectivity index (χ0n) is 37.4. The van der Waals surface area contributed by atoms with E-state index < -0.39 is 26.5 Å². The van der Waals surface area contributed by atoms with Crippen LogP contribution >= 0.6 is 7.82 Å². The molecular formula is C49H86NO8P. The second-order valence-corrected chi connectivity index (χ2v) is 16.8. The summed E-state index contributed by atoms with van der Waals surface area (Å²) in [5, 5.41) is 12.7. The van der Waals surface area contributed by atoms with Gasteiger partial charge in [-0.1, -0.05) is 170 Å². The molecule has 0 saturated heterocycles. The molecule has 0 aliphatic rings. The average molecular weight is 848 g/mol. The molecule has 0 aromatic heterocycles. The van der Waals surface area contributed by atoms with Crippen molar-refractivity contribution in [1.29, 1.82) is 0 Å². The lowest BCUT2D eigenvalue weighted by molar-refractivity contribution is -0.147. The maximum absolute atomic E-state index is 12.1. The number of ether oxygens (including phenoxy) is 1. The maximum atomic E-state index is 12.1. The van der Waals surface area contributed by atoms with Crippen molar-refractivity contribution >= 4 is 19.7 Å². The van der Waals surface area contributed by atoms with Crippen LogP contribution in [0.3, 0.4) is 0 Å². The predicted molar refractivity (Wildman–Crippen MR) is 247 cm³/mol. The minimum Gasteiger partial charge on any atom is -0.463 e. The van der Waals surface area contributed by atoms with Crippen molar-refractivity contribution in [1.82, 2.24) is 5.32 Å². The number of hydrogen-bond donors (Lipinski definition) is 3. The van der Waals surface area contributed by atoms with Gasteiger partial charge in [-0.3, -0.25) is 18.6 Å². The van der Waals surface area contributed by atoms with Crippen molar-refractivity contribution in [2.45, 2.75) is 200 Å². The van der Waals surface area contributed by atoms with Gasteiger partial charge in [0.1, 0.15) is 12.7 Å². The molecule has 3 N–H and O–H groups in total. The zero-order chi connectivity index (χ0) is 43.2. The Labute approximate surface area is 360 Å². The molecule has 0 fully saturated rings. The van der Waals surface area contributed by atoms with Crippen molar-refractivity contribution < 1.29 is 37.9 Å². The van der Waals surface area contributed by atoms with Crippen LogP contribution in [0.25, 0.3) is 0 Å². The first-order valence-corrected chi connectivity index (χ1v) is 24.9. The number of carbonyl (C=O) groups is 2. The molecular weight excluding hydrogens is 762 g/mol. The summed E-state index contributed by atoms with van der Waals surface area (Å²) < 4.78 is 26.9. The number of amides is 1. The predicted octanol–water partition coefficient (Wildman–Crippen LogP) is 13.4. The topological polar surface area (TPSA) is 131 Å². The van der Waals surface area contributed by atoms with E-state index in [-0.39, 0.29) is 32.1 Å². The molecule has 0 aliphatic carbocycles. The highest BCUT2D eigenvalue weighted by molar-refractivity contribution is 7.47. The Morgan fingerprint density at radius 1 is 0.542 bits per heavy atom. The summed E-state index contributed by atoms with van der Waals surface area (Å²) in [5.74, 6) is -0.539. The molecule has 2 atom stereocenters. The average Bonchev–Trinajstić information content (AvgIpc) is 3.22. The molecule has 0 aromatic rings. The molecule has 0 aliphatic heterocycles. The Morgan fingerprint density at radius 2 is 0.966 bits per heavy atom. The summed E-state index contributed by atoms with van der Waals surface area (Å²) in [6.45, 7) is 3.41. The molecule has 1 amide bonds. The van der Waals surface area contributed by atoms with Crippen LogP contribution in [0.2, 0.25) is 0 Å². The van der Waals surface area contributed by atoms with E-state index in [1.165, 1.54) is 70.6 Å². The number of phosphoric ester groups is 1. The number of nitrogens with one attached hydrogen (secondary N) is 1. The molecule has 9 nitrogen and oxygen atoms in total. The number of unbranched alkanes of at least 4 members (excludes halogenated alkanes) is 18. The quantitative estimate of drug-likeness (QED) is 0.0239. The van der Waals surface area contributed by atoms with Gasteiger partial charge in [-0.2, -0.15) is 0 Å². The third-order valence-corrected chi connectivity index (χ3v) is 10.6. The van der Waals surface area contributed by atoms with Gasteiger partial charge in [0.2, 0.25) is 5.91 Å². The molecule has 0 bridgehead atoms. The highest BCUT2D eigenvalue weighted by Gasteiger charge is 2.23. The van der Waals surface area contributed by atoms with Gasteiger partial charge < -0.3 is 20.1 Å². The molecule has 0 spiro atoms. The Bertz CT molecular complexity index is 1190. The molecule has 0 rings (SSSR count). The Hall–Kier alpha value is -2.55. The van der Waals surface area contributed by atoms with Gasteiger partial charge in [-0.05, 0) is 83.5 Å². The van der Waals surface area contributed by atoms with Crippen molar-refractivity contribution in [2.75, 3.05) is 26.4 Å². The van der Waals surface area contributed by atoms with Crippen molar-refractivity contribution in [3.8, 4) is 0 Å². The molecule has 0 aromatic carbocycles. The summed E-state index contributed by atoms with van der Waals surface area (Å²) in [5.41, 5.74) is 0. The van der Waals surface area contributed by atoms with E-state index in [2.05, 4.69) is 92.1 Å². The highest BCUT2D eigenvalue weighted by Crippen LogP contribution is 2.42. The van der Waals surface area contributed by atoms with Crippen LogP contribution in [0.15, 0.2) is 72.9 Å². The van der Waals surface area contributed by atoms with E-state index >= 15 is 0 Å². The summed E-state index contributed by atoms with van der Waals surface area (Å²) in [7, 11) is -4.43. The van der Waals surface area contributed by atoms with Gasteiger partial charge in [-0.15, -0.1) is 0 Å². The SMILES string of the molecule is CC/C=C\C/C=C\C/C=C\C/C=C\C/C=C\CCCCCCCCCC(=O)NCCOP(=O)(O)OCC(O)COC(=O)CCCCCCC/C=C\CCCCCCCC. The number of phosphoric acid groups is 1. The van der Waals surface area contributed by atoms with Crippen LogP contribution < -0.4 is 5.32 Å². The van der Waals surface area contributed by atoms with E-state index in [0.29, 0.717) is 6.42 Å². The van der Waals surface area contributed by atoms with Gasteiger partial charge in [0.05, 0.1) is 13.2 Å². The van der Waals surface area contributed by atoms with E-state index in [0.717, 1.165) is 96.3 Å². The lowest BCUT2D eigenvalue weighted by atomic mass is 10.1. The van der Waals surface area contributed by atoms with Crippen LogP contribution in [-0.2, 0) is 27.9 Å². The Morgan fingerprint density at radius 3 is 1.47 bits per heavy atom. The standard InChI is InChI=1S/C49H86NO8P/c1-3-5-7-9-11-13-15-17-19-20-21-22-23-24-25-26-28-29-31-33-35-37-39-41-48(52)50-43-44-57-59(54,55)58-46-47(51)45-56-49(53)42-40-38-36-34-32-30-27-18-16-14-12-10-8-6-4-2/h5,7,11,13,17-19,21-22,24-25,27,47,51H,3-4,6,8-10,12,14-16,20,23,26,28-46H2,1-2H3,(H,50,52)(H,54,55)/b7-5-,13-11-,19-17-,22-21-,25-24-,27-18-. The molecule has 0 radical (unpaired) electrons. The first kappa shape index (κ1) is 56.5. The summed E-state index contributed by atoms with van der Waals surface area (Å²) in [4.78, 5) is 34.0. The lowest BCUT2D eigenvalue weighted by Crippen LogP contribution is -2.27. The second kappa shape index (κ2) is 45.0. The minimum atomic E-state index is -4.43.